The maximum absolute atomic E-state index is 12.5. The van der Waals surface area contributed by atoms with Gasteiger partial charge in [0.25, 0.3) is 5.91 Å². The highest BCUT2D eigenvalue weighted by atomic mass is 16.3. The molecule has 1 saturated carbocycles. The Kier molecular flexibility index (Phi) is 6.59. The summed E-state index contributed by atoms with van der Waals surface area (Å²) >= 11 is 0. The number of rotatable bonds is 6. The van der Waals surface area contributed by atoms with Gasteiger partial charge in [-0.1, -0.05) is 32.4 Å². The number of benzene rings is 1. The lowest BCUT2D eigenvalue weighted by Gasteiger charge is -2.23. The lowest BCUT2D eigenvalue weighted by molar-refractivity contribution is -0.133. The van der Waals surface area contributed by atoms with Gasteiger partial charge in [-0.15, -0.1) is 0 Å². The topological polar surface area (TPSA) is 60.9 Å². The Balaban J connectivity index is 1.94. The predicted molar refractivity (Wildman–Crippen MR) is 98.1 cm³/mol. The molecule has 0 heterocycles. The Morgan fingerprint density at radius 3 is 2.28 bits per heavy atom. The summed E-state index contributed by atoms with van der Waals surface area (Å²) in [4.78, 5) is 27.9. The van der Waals surface area contributed by atoms with Crippen LogP contribution >= 0.6 is 0 Å². The van der Waals surface area contributed by atoms with Gasteiger partial charge in [-0.25, -0.2) is 0 Å². The minimum absolute atomic E-state index is 0.0227. The number of aliphatic hydroxyl groups excluding tert-OH is 1. The van der Waals surface area contributed by atoms with Crippen molar-refractivity contribution in [1.29, 1.82) is 0 Å². The van der Waals surface area contributed by atoms with Crippen LogP contribution in [0.4, 0.5) is 0 Å². The molecule has 0 aromatic heterocycles. The monoisotopic (exact) mass is 346 g/mol. The van der Waals surface area contributed by atoms with Crippen LogP contribution in [-0.2, 0) is 11.3 Å². The summed E-state index contributed by atoms with van der Waals surface area (Å²) in [6, 6.07) is 7.42. The largest absolute Gasteiger partial charge is 0.393 e. The molecule has 25 heavy (non-hydrogen) atoms. The summed E-state index contributed by atoms with van der Waals surface area (Å²) in [5.41, 5.74) is 1.64. The minimum Gasteiger partial charge on any atom is -0.393 e. The van der Waals surface area contributed by atoms with Crippen molar-refractivity contribution >= 4 is 11.8 Å². The van der Waals surface area contributed by atoms with Gasteiger partial charge in [-0.05, 0) is 30.5 Å². The van der Waals surface area contributed by atoms with Crippen molar-refractivity contribution in [2.45, 2.75) is 45.8 Å². The van der Waals surface area contributed by atoms with Crippen molar-refractivity contribution in [3.63, 3.8) is 0 Å². The average molecular weight is 346 g/mol. The smallest absolute Gasteiger partial charge is 0.253 e. The lowest BCUT2D eigenvalue weighted by atomic mass is 10.0. The second kappa shape index (κ2) is 8.48. The summed E-state index contributed by atoms with van der Waals surface area (Å²) in [5.74, 6) is 0.238. The molecule has 1 aliphatic carbocycles. The van der Waals surface area contributed by atoms with E-state index in [-0.39, 0.29) is 29.8 Å². The van der Waals surface area contributed by atoms with Gasteiger partial charge in [-0.3, -0.25) is 9.59 Å². The highest BCUT2D eigenvalue weighted by molar-refractivity contribution is 5.94. The quantitative estimate of drug-likeness (QED) is 0.861. The lowest BCUT2D eigenvalue weighted by Crippen LogP contribution is -2.34. The zero-order valence-corrected chi connectivity index (χ0v) is 15.7. The zero-order chi connectivity index (χ0) is 18.6. The van der Waals surface area contributed by atoms with Crippen LogP contribution in [0.15, 0.2) is 24.3 Å². The molecule has 138 valence electrons. The van der Waals surface area contributed by atoms with Crippen molar-refractivity contribution < 1.29 is 14.7 Å². The zero-order valence-electron chi connectivity index (χ0n) is 15.7. The predicted octanol–water partition coefficient (Wildman–Crippen LogP) is 2.53. The van der Waals surface area contributed by atoms with Gasteiger partial charge >= 0.3 is 0 Å². The number of carbonyl (C=O) groups excluding carboxylic acids is 2. The number of hydrogen-bond donors (Lipinski definition) is 1. The first kappa shape index (κ1) is 19.4. The van der Waals surface area contributed by atoms with E-state index in [1.165, 1.54) is 0 Å². The SMILES string of the molecule is CC(C)C(=O)N(C)Cc1ccc(C(=O)N(C)CC2CCCC2O)cc1. The third kappa shape index (κ3) is 5.05. The maximum atomic E-state index is 12.5. The molecule has 0 aliphatic heterocycles. The van der Waals surface area contributed by atoms with Gasteiger partial charge in [0.05, 0.1) is 6.10 Å². The molecule has 0 bridgehead atoms. The average Bonchev–Trinajstić information content (AvgIpc) is 2.98. The summed E-state index contributed by atoms with van der Waals surface area (Å²) in [6.07, 6.45) is 2.56. The summed E-state index contributed by atoms with van der Waals surface area (Å²) in [7, 11) is 3.58. The van der Waals surface area contributed by atoms with E-state index in [1.54, 1.807) is 23.9 Å². The molecule has 2 amide bonds. The Hall–Kier alpha value is -1.88. The van der Waals surface area contributed by atoms with E-state index in [9.17, 15) is 14.7 Å². The molecule has 5 nitrogen and oxygen atoms in total. The Bertz CT molecular complexity index is 597. The third-order valence-electron chi connectivity index (χ3n) is 4.96. The molecule has 1 aromatic carbocycles. The molecule has 0 spiro atoms. The fraction of sp³-hybridized carbons (Fsp3) is 0.600. The van der Waals surface area contributed by atoms with Crippen LogP contribution in [0.5, 0.6) is 0 Å². The van der Waals surface area contributed by atoms with Crippen LogP contribution in [-0.4, -0.2) is 53.5 Å². The van der Waals surface area contributed by atoms with E-state index in [2.05, 4.69) is 0 Å². The Labute approximate surface area is 150 Å². The highest BCUT2D eigenvalue weighted by Crippen LogP contribution is 2.26. The Morgan fingerprint density at radius 2 is 1.76 bits per heavy atom. The summed E-state index contributed by atoms with van der Waals surface area (Å²) in [5, 5.41) is 9.92. The van der Waals surface area contributed by atoms with E-state index in [4.69, 9.17) is 0 Å². The molecule has 1 aromatic rings. The minimum atomic E-state index is -0.286. The van der Waals surface area contributed by atoms with Crippen LogP contribution in [0.3, 0.4) is 0 Å². The van der Waals surface area contributed by atoms with E-state index < -0.39 is 0 Å². The number of amides is 2. The van der Waals surface area contributed by atoms with E-state index in [1.807, 2.05) is 38.1 Å². The van der Waals surface area contributed by atoms with E-state index in [0.29, 0.717) is 18.7 Å². The molecule has 1 aliphatic rings. The standard InChI is InChI=1S/C20H30N2O3/c1-14(2)19(24)21(3)12-15-8-10-16(11-9-15)20(25)22(4)13-17-6-5-7-18(17)23/h8-11,14,17-18,23H,5-7,12-13H2,1-4H3. The molecule has 2 unspecified atom stereocenters. The Morgan fingerprint density at radius 1 is 1.12 bits per heavy atom. The van der Waals surface area contributed by atoms with Crippen molar-refractivity contribution in [2.75, 3.05) is 20.6 Å². The summed E-state index contributed by atoms with van der Waals surface area (Å²) < 4.78 is 0. The van der Waals surface area contributed by atoms with Gasteiger partial charge in [0.2, 0.25) is 5.91 Å². The normalized spacial score (nSPS) is 19.9. The van der Waals surface area contributed by atoms with E-state index >= 15 is 0 Å². The molecule has 1 N–H and O–H groups in total. The molecule has 1 fully saturated rings. The molecule has 0 saturated heterocycles. The van der Waals surface area contributed by atoms with Crippen LogP contribution in [0.25, 0.3) is 0 Å². The molecule has 2 atom stereocenters. The van der Waals surface area contributed by atoms with Gasteiger partial charge in [0.15, 0.2) is 0 Å². The second-order valence-corrected chi connectivity index (χ2v) is 7.49. The fourth-order valence-electron chi connectivity index (χ4n) is 3.43. The van der Waals surface area contributed by atoms with Crippen LogP contribution in [0.1, 0.15) is 49.0 Å². The first-order valence-corrected chi connectivity index (χ1v) is 9.07. The number of aliphatic hydroxyl groups is 1. The number of nitrogens with zero attached hydrogens (tertiary/aromatic N) is 2. The third-order valence-corrected chi connectivity index (χ3v) is 4.96. The van der Waals surface area contributed by atoms with Gasteiger partial charge in [0, 0.05) is 44.6 Å². The van der Waals surface area contributed by atoms with Crippen LogP contribution in [0, 0.1) is 11.8 Å². The summed E-state index contributed by atoms with van der Waals surface area (Å²) in [6.45, 7) is 4.90. The van der Waals surface area contributed by atoms with Gasteiger partial charge in [0.1, 0.15) is 0 Å². The fourth-order valence-corrected chi connectivity index (χ4v) is 3.43. The van der Waals surface area contributed by atoms with Gasteiger partial charge < -0.3 is 14.9 Å². The number of hydrogen-bond acceptors (Lipinski definition) is 3. The molecule has 5 heteroatoms. The van der Waals surface area contributed by atoms with Crippen LogP contribution < -0.4 is 0 Å². The molecular formula is C20H30N2O3. The number of carbonyl (C=O) groups is 2. The highest BCUT2D eigenvalue weighted by Gasteiger charge is 2.27. The van der Waals surface area contributed by atoms with Crippen molar-refractivity contribution in [3.05, 3.63) is 35.4 Å². The molecule has 0 radical (unpaired) electrons. The second-order valence-electron chi connectivity index (χ2n) is 7.49. The molecule has 2 rings (SSSR count). The first-order chi connectivity index (χ1) is 11.8. The van der Waals surface area contributed by atoms with Crippen molar-refractivity contribution in [2.24, 2.45) is 11.8 Å². The van der Waals surface area contributed by atoms with E-state index in [0.717, 1.165) is 24.8 Å². The maximum Gasteiger partial charge on any atom is 0.253 e. The van der Waals surface area contributed by atoms with Crippen molar-refractivity contribution in [1.82, 2.24) is 9.80 Å². The van der Waals surface area contributed by atoms with Crippen LogP contribution in [0.2, 0.25) is 0 Å². The first-order valence-electron chi connectivity index (χ1n) is 9.07. The molecular weight excluding hydrogens is 316 g/mol. The van der Waals surface area contributed by atoms with Gasteiger partial charge in [-0.2, -0.15) is 0 Å². The van der Waals surface area contributed by atoms with Crippen molar-refractivity contribution in [3.8, 4) is 0 Å².